The molecule has 7 heteroatoms. The Morgan fingerprint density at radius 2 is 2.25 bits per heavy atom. The van der Waals surface area contributed by atoms with Gasteiger partial charge in [0.05, 0.1) is 5.56 Å². The number of benzene rings is 1. The van der Waals surface area contributed by atoms with Gasteiger partial charge in [-0.3, -0.25) is 0 Å². The second-order valence-corrected chi connectivity index (χ2v) is 3.88. The summed E-state index contributed by atoms with van der Waals surface area (Å²) in [5.41, 5.74) is 6.66. The highest BCUT2D eigenvalue weighted by atomic mass is 79.9. The molecule has 0 atom stereocenters. The van der Waals surface area contributed by atoms with Crippen molar-refractivity contribution >= 4 is 27.6 Å². The molecule has 0 aliphatic heterocycles. The van der Waals surface area contributed by atoms with Gasteiger partial charge in [0.1, 0.15) is 0 Å². The van der Waals surface area contributed by atoms with Crippen LogP contribution in [0.15, 0.2) is 27.2 Å². The molecule has 1 aromatic carbocycles. The van der Waals surface area contributed by atoms with E-state index in [1.165, 1.54) is 0 Å². The monoisotopic (exact) mass is 283 g/mol. The zero-order chi connectivity index (χ0) is 11.7. The quantitative estimate of drug-likeness (QED) is 0.815. The molecular formula is C9H6BrN3O3. The number of hydrogen-bond acceptors (Lipinski definition) is 5. The van der Waals surface area contributed by atoms with Gasteiger partial charge in [0.15, 0.2) is 0 Å². The van der Waals surface area contributed by atoms with Crippen molar-refractivity contribution in [3.8, 4) is 11.5 Å². The SMILES string of the molecule is Nc1cc(Br)ccc1-c1nc(C(=O)O)no1. The van der Waals surface area contributed by atoms with Crippen LogP contribution in [0.3, 0.4) is 0 Å². The van der Waals surface area contributed by atoms with Gasteiger partial charge in [-0.2, -0.15) is 4.98 Å². The minimum atomic E-state index is -1.24. The number of aromatic nitrogens is 2. The maximum atomic E-state index is 10.6. The number of hydrogen-bond donors (Lipinski definition) is 2. The lowest BCUT2D eigenvalue weighted by Gasteiger charge is -1.99. The number of nitrogens with two attached hydrogens (primary N) is 1. The van der Waals surface area contributed by atoms with Gasteiger partial charge in [0, 0.05) is 10.2 Å². The fourth-order valence-corrected chi connectivity index (χ4v) is 1.53. The van der Waals surface area contributed by atoms with E-state index in [1.807, 2.05) is 0 Å². The van der Waals surface area contributed by atoms with E-state index in [1.54, 1.807) is 18.2 Å². The van der Waals surface area contributed by atoms with E-state index in [4.69, 9.17) is 15.4 Å². The standard InChI is InChI=1S/C9H6BrN3O3/c10-4-1-2-5(6(11)3-4)8-12-7(9(14)15)13-16-8/h1-3H,11H2,(H,14,15). The number of rotatable bonds is 2. The topological polar surface area (TPSA) is 102 Å². The maximum absolute atomic E-state index is 10.6. The summed E-state index contributed by atoms with van der Waals surface area (Å²) in [5, 5.41) is 11.9. The summed E-state index contributed by atoms with van der Waals surface area (Å²) >= 11 is 3.26. The van der Waals surface area contributed by atoms with Gasteiger partial charge in [0.2, 0.25) is 0 Å². The molecule has 0 unspecified atom stereocenters. The van der Waals surface area contributed by atoms with Crippen molar-refractivity contribution in [2.24, 2.45) is 0 Å². The van der Waals surface area contributed by atoms with Crippen LogP contribution in [0.4, 0.5) is 5.69 Å². The maximum Gasteiger partial charge on any atom is 0.377 e. The van der Waals surface area contributed by atoms with Crippen LogP contribution in [0.5, 0.6) is 0 Å². The number of carboxylic acids is 1. The molecule has 0 amide bonds. The minimum absolute atomic E-state index is 0.0856. The molecule has 16 heavy (non-hydrogen) atoms. The van der Waals surface area contributed by atoms with Crippen LogP contribution >= 0.6 is 15.9 Å². The predicted octanol–water partition coefficient (Wildman–Crippen LogP) is 1.78. The molecule has 1 heterocycles. The van der Waals surface area contributed by atoms with Crippen LogP contribution in [-0.4, -0.2) is 21.2 Å². The number of carboxylic acid groups (broad SMARTS) is 1. The van der Waals surface area contributed by atoms with Crippen molar-refractivity contribution in [1.82, 2.24) is 10.1 Å². The molecule has 0 bridgehead atoms. The third-order valence-electron chi connectivity index (χ3n) is 1.86. The van der Waals surface area contributed by atoms with Gasteiger partial charge in [-0.05, 0) is 23.4 Å². The first-order valence-electron chi connectivity index (χ1n) is 4.20. The van der Waals surface area contributed by atoms with E-state index in [2.05, 4.69) is 26.1 Å². The Morgan fingerprint density at radius 3 is 2.81 bits per heavy atom. The zero-order valence-electron chi connectivity index (χ0n) is 7.85. The molecule has 0 aliphatic carbocycles. The molecule has 2 rings (SSSR count). The number of nitrogens with zero attached hydrogens (tertiary/aromatic N) is 2. The van der Waals surface area contributed by atoms with E-state index in [0.29, 0.717) is 11.3 Å². The second-order valence-electron chi connectivity index (χ2n) is 2.96. The molecule has 0 saturated carbocycles. The fourth-order valence-electron chi connectivity index (χ4n) is 1.15. The minimum Gasteiger partial charge on any atom is -0.475 e. The van der Waals surface area contributed by atoms with Gasteiger partial charge in [-0.15, -0.1) is 0 Å². The molecule has 6 nitrogen and oxygen atoms in total. The lowest BCUT2D eigenvalue weighted by atomic mass is 10.2. The van der Waals surface area contributed by atoms with Crippen molar-refractivity contribution in [3.05, 3.63) is 28.5 Å². The highest BCUT2D eigenvalue weighted by Gasteiger charge is 2.15. The summed E-state index contributed by atoms with van der Waals surface area (Å²) in [4.78, 5) is 14.3. The zero-order valence-corrected chi connectivity index (χ0v) is 9.43. The normalized spacial score (nSPS) is 10.3. The average molecular weight is 284 g/mol. The van der Waals surface area contributed by atoms with E-state index in [-0.39, 0.29) is 5.89 Å². The van der Waals surface area contributed by atoms with Gasteiger partial charge < -0.3 is 15.4 Å². The van der Waals surface area contributed by atoms with Crippen LogP contribution in [0.2, 0.25) is 0 Å². The predicted molar refractivity (Wildman–Crippen MR) is 58.8 cm³/mol. The number of nitrogen functional groups attached to an aromatic ring is 1. The van der Waals surface area contributed by atoms with Crippen molar-refractivity contribution in [2.75, 3.05) is 5.73 Å². The summed E-state index contributed by atoms with van der Waals surface area (Å²) in [5.74, 6) is -1.55. The lowest BCUT2D eigenvalue weighted by Crippen LogP contribution is -1.98. The third kappa shape index (κ3) is 1.89. The first kappa shape index (κ1) is 10.6. The van der Waals surface area contributed by atoms with Crippen molar-refractivity contribution < 1.29 is 14.4 Å². The number of carbonyl (C=O) groups is 1. The van der Waals surface area contributed by atoms with Crippen molar-refractivity contribution in [2.45, 2.75) is 0 Å². The van der Waals surface area contributed by atoms with Gasteiger partial charge in [-0.1, -0.05) is 15.9 Å². The Kier molecular flexibility index (Phi) is 2.61. The summed E-state index contributed by atoms with van der Waals surface area (Å²) in [6, 6.07) is 5.08. The fraction of sp³-hybridized carbons (Fsp3) is 0. The third-order valence-corrected chi connectivity index (χ3v) is 2.35. The Hall–Kier alpha value is -1.89. The number of anilines is 1. The molecule has 0 spiro atoms. The number of halogens is 1. The van der Waals surface area contributed by atoms with E-state index >= 15 is 0 Å². The summed E-state index contributed by atoms with van der Waals surface area (Å²) in [7, 11) is 0. The van der Waals surface area contributed by atoms with Crippen LogP contribution in [0.25, 0.3) is 11.5 Å². The second kappa shape index (κ2) is 3.93. The lowest BCUT2D eigenvalue weighted by molar-refractivity contribution is 0.0680. The van der Waals surface area contributed by atoms with Crippen molar-refractivity contribution in [3.63, 3.8) is 0 Å². The first-order valence-corrected chi connectivity index (χ1v) is 4.99. The van der Waals surface area contributed by atoms with E-state index in [0.717, 1.165) is 4.47 Å². The molecule has 3 N–H and O–H groups in total. The first-order chi connectivity index (χ1) is 7.58. The number of aromatic carboxylic acids is 1. The van der Waals surface area contributed by atoms with Gasteiger partial charge in [-0.25, -0.2) is 4.79 Å². The average Bonchev–Trinajstić information content (AvgIpc) is 2.66. The molecule has 0 radical (unpaired) electrons. The highest BCUT2D eigenvalue weighted by Crippen LogP contribution is 2.27. The highest BCUT2D eigenvalue weighted by molar-refractivity contribution is 9.10. The molecule has 1 aromatic heterocycles. The van der Waals surface area contributed by atoms with Crippen LogP contribution in [0, 0.1) is 0 Å². The largest absolute Gasteiger partial charge is 0.475 e. The van der Waals surface area contributed by atoms with Crippen LogP contribution < -0.4 is 5.73 Å². The summed E-state index contributed by atoms with van der Waals surface area (Å²) in [6.07, 6.45) is 0. The Morgan fingerprint density at radius 1 is 1.50 bits per heavy atom. The van der Waals surface area contributed by atoms with Crippen molar-refractivity contribution in [1.29, 1.82) is 0 Å². The Balaban J connectivity index is 2.46. The molecular weight excluding hydrogens is 278 g/mol. The summed E-state index contributed by atoms with van der Waals surface area (Å²) in [6.45, 7) is 0. The van der Waals surface area contributed by atoms with Gasteiger partial charge in [0.25, 0.3) is 11.7 Å². The van der Waals surface area contributed by atoms with Gasteiger partial charge >= 0.3 is 5.97 Å². The molecule has 82 valence electrons. The Bertz CT molecular complexity index is 553. The van der Waals surface area contributed by atoms with Crippen LogP contribution in [-0.2, 0) is 0 Å². The molecule has 0 saturated heterocycles. The molecule has 0 aliphatic rings. The Labute approximate surface area is 98.2 Å². The molecule has 0 fully saturated rings. The smallest absolute Gasteiger partial charge is 0.377 e. The van der Waals surface area contributed by atoms with E-state index < -0.39 is 11.8 Å². The van der Waals surface area contributed by atoms with Crippen LogP contribution in [0.1, 0.15) is 10.6 Å². The molecule has 2 aromatic rings. The van der Waals surface area contributed by atoms with E-state index in [9.17, 15) is 4.79 Å². The summed E-state index contributed by atoms with van der Waals surface area (Å²) < 4.78 is 5.61.